The first-order valence-corrected chi connectivity index (χ1v) is 7.10. The van der Waals surface area contributed by atoms with E-state index in [1.165, 1.54) is 6.07 Å². The van der Waals surface area contributed by atoms with Crippen LogP contribution >= 0.6 is 0 Å². The van der Waals surface area contributed by atoms with Gasteiger partial charge < -0.3 is 9.88 Å². The van der Waals surface area contributed by atoms with Crippen molar-refractivity contribution in [2.24, 2.45) is 0 Å². The molecule has 1 N–H and O–H groups in total. The molecule has 1 aromatic heterocycles. The Balaban J connectivity index is 2.07. The number of halogens is 2. The average Bonchev–Trinajstić information content (AvgIpc) is 2.81. The lowest BCUT2D eigenvalue weighted by atomic mass is 10.1. The van der Waals surface area contributed by atoms with Gasteiger partial charge in [0.1, 0.15) is 11.6 Å². The summed E-state index contributed by atoms with van der Waals surface area (Å²) in [7, 11) is 0. The molecule has 0 saturated carbocycles. The van der Waals surface area contributed by atoms with Crippen LogP contribution in [-0.4, -0.2) is 14.8 Å². The number of hydrogen-bond acceptors (Lipinski definition) is 3. The first-order valence-electron chi connectivity index (χ1n) is 7.10. The zero-order valence-corrected chi connectivity index (χ0v) is 12.5. The highest BCUT2D eigenvalue weighted by Gasteiger charge is 2.15. The zero-order chi connectivity index (χ0) is 15.4. The zero-order valence-electron chi connectivity index (χ0n) is 12.5. The molecule has 0 aliphatic carbocycles. The van der Waals surface area contributed by atoms with E-state index in [9.17, 15) is 8.78 Å². The maximum Gasteiger partial charge on any atom is 0.163 e. The number of aromatic nitrogens is 3. The molecule has 0 bridgehead atoms. The number of aryl methyl sites for hydroxylation is 1. The van der Waals surface area contributed by atoms with Crippen molar-refractivity contribution in [1.29, 1.82) is 0 Å². The van der Waals surface area contributed by atoms with Crippen LogP contribution in [0, 0.1) is 18.6 Å². The van der Waals surface area contributed by atoms with Gasteiger partial charge in [-0.05, 0) is 26.3 Å². The lowest BCUT2D eigenvalue weighted by Gasteiger charge is -2.15. The van der Waals surface area contributed by atoms with Crippen LogP contribution in [-0.2, 0) is 13.1 Å². The number of rotatable bonds is 6. The summed E-state index contributed by atoms with van der Waals surface area (Å²) >= 11 is 0. The average molecular weight is 294 g/mol. The van der Waals surface area contributed by atoms with E-state index in [1.807, 2.05) is 11.5 Å². The highest BCUT2D eigenvalue weighted by atomic mass is 19.2. The van der Waals surface area contributed by atoms with Gasteiger partial charge in [0.25, 0.3) is 0 Å². The molecule has 2 aromatic rings. The Kier molecular flexibility index (Phi) is 5.01. The van der Waals surface area contributed by atoms with E-state index in [4.69, 9.17) is 0 Å². The minimum atomic E-state index is -0.828. The summed E-state index contributed by atoms with van der Waals surface area (Å²) in [6.07, 6.45) is 0.986. The SMILES string of the molecule is CCCn1c(C)nnc1CNC(C)c1cccc(F)c1F. The monoisotopic (exact) mass is 294 g/mol. The number of nitrogens with zero attached hydrogens (tertiary/aromatic N) is 3. The molecule has 2 rings (SSSR count). The third-order valence-electron chi connectivity index (χ3n) is 3.47. The van der Waals surface area contributed by atoms with Crippen molar-refractivity contribution in [2.75, 3.05) is 0 Å². The predicted molar refractivity (Wildman–Crippen MR) is 76.7 cm³/mol. The lowest BCUT2D eigenvalue weighted by Crippen LogP contribution is -2.22. The fraction of sp³-hybridized carbons (Fsp3) is 0.467. The van der Waals surface area contributed by atoms with Gasteiger partial charge in [0.05, 0.1) is 6.54 Å². The van der Waals surface area contributed by atoms with Gasteiger partial charge in [-0.15, -0.1) is 10.2 Å². The molecule has 0 radical (unpaired) electrons. The summed E-state index contributed by atoms with van der Waals surface area (Å²) in [5, 5.41) is 11.3. The van der Waals surface area contributed by atoms with Crippen molar-refractivity contribution in [3.05, 3.63) is 47.0 Å². The summed E-state index contributed by atoms with van der Waals surface area (Å²) in [4.78, 5) is 0. The Morgan fingerprint density at radius 2 is 2.05 bits per heavy atom. The Morgan fingerprint density at radius 1 is 1.29 bits per heavy atom. The molecule has 1 heterocycles. The van der Waals surface area contributed by atoms with E-state index < -0.39 is 11.6 Å². The highest BCUT2D eigenvalue weighted by molar-refractivity contribution is 5.22. The Bertz CT molecular complexity index is 610. The van der Waals surface area contributed by atoms with E-state index in [-0.39, 0.29) is 6.04 Å². The Morgan fingerprint density at radius 3 is 2.76 bits per heavy atom. The summed E-state index contributed by atoms with van der Waals surface area (Å²) < 4.78 is 29.0. The van der Waals surface area contributed by atoms with Gasteiger partial charge in [-0.3, -0.25) is 0 Å². The van der Waals surface area contributed by atoms with Crippen LogP contribution < -0.4 is 5.32 Å². The molecule has 1 unspecified atom stereocenters. The van der Waals surface area contributed by atoms with E-state index in [0.29, 0.717) is 12.1 Å². The van der Waals surface area contributed by atoms with Crippen LogP contribution in [0.2, 0.25) is 0 Å². The van der Waals surface area contributed by atoms with Crippen LogP contribution in [0.4, 0.5) is 8.78 Å². The third kappa shape index (κ3) is 3.44. The molecule has 21 heavy (non-hydrogen) atoms. The molecular weight excluding hydrogens is 274 g/mol. The topological polar surface area (TPSA) is 42.7 Å². The molecule has 0 amide bonds. The first-order chi connectivity index (χ1) is 10.0. The predicted octanol–water partition coefficient (Wildman–Crippen LogP) is 3.13. The van der Waals surface area contributed by atoms with Crippen LogP contribution in [0.5, 0.6) is 0 Å². The fourth-order valence-corrected chi connectivity index (χ4v) is 2.28. The molecule has 1 aromatic carbocycles. The quantitative estimate of drug-likeness (QED) is 0.890. The van der Waals surface area contributed by atoms with Crippen LogP contribution in [0.15, 0.2) is 18.2 Å². The molecule has 114 valence electrons. The smallest absolute Gasteiger partial charge is 0.163 e. The second-order valence-corrected chi connectivity index (χ2v) is 5.06. The second kappa shape index (κ2) is 6.76. The van der Waals surface area contributed by atoms with Crippen molar-refractivity contribution in [2.45, 2.75) is 46.3 Å². The van der Waals surface area contributed by atoms with E-state index in [1.54, 1.807) is 13.0 Å². The molecule has 4 nitrogen and oxygen atoms in total. The van der Waals surface area contributed by atoms with Crippen molar-refractivity contribution in [3.8, 4) is 0 Å². The van der Waals surface area contributed by atoms with E-state index in [2.05, 4.69) is 22.4 Å². The van der Waals surface area contributed by atoms with Crippen molar-refractivity contribution >= 4 is 0 Å². The second-order valence-electron chi connectivity index (χ2n) is 5.06. The van der Waals surface area contributed by atoms with Crippen LogP contribution in [0.25, 0.3) is 0 Å². The number of nitrogens with one attached hydrogen (secondary N) is 1. The summed E-state index contributed by atoms with van der Waals surface area (Å²) in [6.45, 7) is 7.09. The van der Waals surface area contributed by atoms with Crippen LogP contribution in [0.3, 0.4) is 0 Å². The molecular formula is C15H20F2N4. The van der Waals surface area contributed by atoms with Gasteiger partial charge in [-0.25, -0.2) is 8.78 Å². The molecule has 1 atom stereocenters. The summed E-state index contributed by atoms with van der Waals surface area (Å²) in [5.74, 6) is 0.0334. The maximum atomic E-state index is 13.7. The van der Waals surface area contributed by atoms with Gasteiger partial charge in [0.15, 0.2) is 11.6 Å². The van der Waals surface area contributed by atoms with Crippen LogP contribution in [0.1, 0.15) is 43.5 Å². The largest absolute Gasteiger partial charge is 0.314 e. The first kappa shape index (κ1) is 15.6. The summed E-state index contributed by atoms with van der Waals surface area (Å²) in [5.41, 5.74) is 0.313. The molecule has 0 aliphatic heterocycles. The third-order valence-corrected chi connectivity index (χ3v) is 3.47. The van der Waals surface area contributed by atoms with Gasteiger partial charge >= 0.3 is 0 Å². The molecule has 0 fully saturated rings. The molecule has 0 aliphatic rings. The molecule has 0 spiro atoms. The number of benzene rings is 1. The summed E-state index contributed by atoms with van der Waals surface area (Å²) in [6, 6.07) is 3.90. The minimum absolute atomic E-state index is 0.312. The van der Waals surface area contributed by atoms with Crippen molar-refractivity contribution in [1.82, 2.24) is 20.1 Å². The highest BCUT2D eigenvalue weighted by Crippen LogP contribution is 2.19. The Labute approximate surface area is 123 Å². The fourth-order valence-electron chi connectivity index (χ4n) is 2.28. The molecule has 6 heteroatoms. The van der Waals surface area contributed by atoms with Gasteiger partial charge in [-0.1, -0.05) is 19.1 Å². The van der Waals surface area contributed by atoms with Crippen molar-refractivity contribution in [3.63, 3.8) is 0 Å². The Hall–Kier alpha value is -1.82. The van der Waals surface area contributed by atoms with Crippen molar-refractivity contribution < 1.29 is 8.78 Å². The number of hydrogen-bond donors (Lipinski definition) is 1. The van der Waals surface area contributed by atoms with Gasteiger partial charge in [-0.2, -0.15) is 0 Å². The van der Waals surface area contributed by atoms with Gasteiger partial charge in [0.2, 0.25) is 0 Å². The molecule has 0 saturated heterocycles. The minimum Gasteiger partial charge on any atom is -0.314 e. The maximum absolute atomic E-state index is 13.7. The van der Waals surface area contributed by atoms with E-state index in [0.717, 1.165) is 30.7 Å². The normalized spacial score (nSPS) is 12.6. The van der Waals surface area contributed by atoms with Gasteiger partial charge in [0, 0.05) is 18.2 Å². The van der Waals surface area contributed by atoms with E-state index >= 15 is 0 Å². The lowest BCUT2D eigenvalue weighted by molar-refractivity contribution is 0.466. The standard InChI is InChI=1S/C15H20F2N4/c1-4-8-21-11(3)19-20-14(21)9-18-10(2)12-6-5-7-13(16)15(12)17/h5-7,10,18H,4,8-9H2,1-3H3.